The van der Waals surface area contributed by atoms with Gasteiger partial charge in [-0.2, -0.15) is 8.78 Å². The number of aryl methyl sites for hydroxylation is 1. The van der Waals surface area contributed by atoms with Crippen molar-refractivity contribution in [2.75, 3.05) is 24.9 Å². The molecule has 2 aromatic carbocycles. The predicted octanol–water partition coefficient (Wildman–Crippen LogP) is 4.42. The molecule has 2 aromatic rings. The van der Waals surface area contributed by atoms with E-state index in [1.807, 2.05) is 0 Å². The molecule has 0 aliphatic rings. The molecule has 5 nitrogen and oxygen atoms in total. The number of hydrogen-bond acceptors (Lipinski definition) is 4. The summed E-state index contributed by atoms with van der Waals surface area (Å²) in [6.45, 7) is -1.15. The number of methoxy groups -OCH3 is 2. The van der Waals surface area contributed by atoms with Crippen LogP contribution < -0.4 is 24.8 Å². The van der Waals surface area contributed by atoms with E-state index >= 15 is 0 Å². The van der Waals surface area contributed by atoms with Crippen molar-refractivity contribution in [2.24, 2.45) is 0 Å². The fourth-order valence-electron chi connectivity index (χ4n) is 2.11. The average molecular weight is 368 g/mol. The van der Waals surface area contributed by atoms with Crippen LogP contribution in [0.5, 0.6) is 17.2 Å². The molecule has 0 fully saturated rings. The second kappa shape index (κ2) is 8.48. The summed E-state index contributed by atoms with van der Waals surface area (Å²) in [5.41, 5.74) is 1.68. The number of rotatable bonds is 6. The quantitative estimate of drug-likeness (QED) is 0.736. The lowest BCUT2D eigenvalue weighted by Crippen LogP contribution is -2.20. The van der Waals surface area contributed by atoms with E-state index in [-0.39, 0.29) is 10.9 Å². The number of nitrogens with one attached hydrogen (secondary N) is 2. The topological polar surface area (TPSA) is 51.8 Å². The van der Waals surface area contributed by atoms with Crippen molar-refractivity contribution in [1.29, 1.82) is 0 Å². The second-order valence-electron chi connectivity index (χ2n) is 5.02. The van der Waals surface area contributed by atoms with Gasteiger partial charge in [0.15, 0.2) is 5.11 Å². The van der Waals surface area contributed by atoms with Crippen LogP contribution in [0, 0.1) is 6.92 Å². The van der Waals surface area contributed by atoms with Crippen molar-refractivity contribution in [3.63, 3.8) is 0 Å². The van der Waals surface area contributed by atoms with Gasteiger partial charge in [-0.05, 0) is 49.0 Å². The number of ether oxygens (including phenoxy) is 3. The van der Waals surface area contributed by atoms with Crippen LogP contribution in [0.2, 0.25) is 0 Å². The molecule has 0 atom stereocenters. The molecular weight excluding hydrogens is 350 g/mol. The van der Waals surface area contributed by atoms with E-state index in [2.05, 4.69) is 15.4 Å². The average Bonchev–Trinajstić information content (AvgIpc) is 2.56. The van der Waals surface area contributed by atoms with Crippen LogP contribution in [0.1, 0.15) is 5.56 Å². The smallest absolute Gasteiger partial charge is 0.387 e. The highest BCUT2D eigenvalue weighted by atomic mass is 32.1. The summed E-state index contributed by atoms with van der Waals surface area (Å²) in [6.07, 6.45) is 0. The Kier molecular flexibility index (Phi) is 6.35. The molecular formula is C17H18F2N2O3S. The molecule has 0 bridgehead atoms. The van der Waals surface area contributed by atoms with E-state index in [1.165, 1.54) is 13.2 Å². The van der Waals surface area contributed by atoms with Gasteiger partial charge in [0.25, 0.3) is 0 Å². The molecule has 0 aliphatic heterocycles. The molecule has 25 heavy (non-hydrogen) atoms. The van der Waals surface area contributed by atoms with Crippen molar-refractivity contribution >= 4 is 28.7 Å². The summed E-state index contributed by atoms with van der Waals surface area (Å²) in [5.74, 6) is 1.18. The SMILES string of the molecule is COc1ccc(OC)c(NC(=S)Nc2ccc(C)cc2OC(F)F)c1. The van der Waals surface area contributed by atoms with Crippen LogP contribution in [0.4, 0.5) is 20.2 Å². The fraction of sp³-hybridized carbons (Fsp3) is 0.235. The number of anilines is 2. The lowest BCUT2D eigenvalue weighted by atomic mass is 10.2. The fourth-order valence-corrected chi connectivity index (χ4v) is 2.33. The Balaban J connectivity index is 2.18. The standard InChI is InChI=1S/C17H18F2N2O3S/c1-10-4-6-12(15(8-10)24-16(18)19)20-17(25)21-13-9-11(22-2)5-7-14(13)23-3/h4-9,16H,1-3H3,(H2,20,21,25). The van der Waals surface area contributed by atoms with Gasteiger partial charge in [-0.15, -0.1) is 0 Å². The Morgan fingerprint density at radius 2 is 1.68 bits per heavy atom. The molecule has 0 unspecified atom stereocenters. The van der Waals surface area contributed by atoms with E-state index < -0.39 is 6.61 Å². The first kappa shape index (κ1) is 18.7. The molecule has 2 N–H and O–H groups in total. The molecule has 0 aliphatic carbocycles. The molecule has 0 heterocycles. The molecule has 8 heteroatoms. The summed E-state index contributed by atoms with van der Waals surface area (Å²) >= 11 is 5.25. The van der Waals surface area contributed by atoms with Crippen LogP contribution in [-0.4, -0.2) is 25.9 Å². The summed E-state index contributed by atoms with van der Waals surface area (Å²) in [4.78, 5) is 0. The number of halogens is 2. The molecule has 134 valence electrons. The van der Waals surface area contributed by atoms with E-state index in [4.69, 9.17) is 21.7 Å². The van der Waals surface area contributed by atoms with Gasteiger partial charge in [-0.25, -0.2) is 0 Å². The molecule has 0 radical (unpaired) electrons. The first-order valence-electron chi connectivity index (χ1n) is 7.28. The van der Waals surface area contributed by atoms with Crippen molar-refractivity contribution in [2.45, 2.75) is 13.5 Å². The van der Waals surface area contributed by atoms with E-state index in [1.54, 1.807) is 44.4 Å². The Morgan fingerprint density at radius 3 is 2.32 bits per heavy atom. The van der Waals surface area contributed by atoms with Crippen LogP contribution in [-0.2, 0) is 0 Å². The predicted molar refractivity (Wildman–Crippen MR) is 97.2 cm³/mol. The summed E-state index contributed by atoms with van der Waals surface area (Å²) in [7, 11) is 3.07. The van der Waals surface area contributed by atoms with Crippen molar-refractivity contribution in [3.05, 3.63) is 42.0 Å². The van der Waals surface area contributed by atoms with Gasteiger partial charge in [-0.1, -0.05) is 6.07 Å². The molecule has 0 saturated heterocycles. The van der Waals surface area contributed by atoms with Gasteiger partial charge < -0.3 is 24.8 Å². The highest BCUT2D eigenvalue weighted by Gasteiger charge is 2.12. The third kappa shape index (κ3) is 5.18. The van der Waals surface area contributed by atoms with Crippen LogP contribution in [0.25, 0.3) is 0 Å². The van der Waals surface area contributed by atoms with Gasteiger partial charge in [0.2, 0.25) is 0 Å². The van der Waals surface area contributed by atoms with Gasteiger partial charge in [0.1, 0.15) is 17.2 Å². The van der Waals surface area contributed by atoms with Gasteiger partial charge in [0, 0.05) is 6.07 Å². The minimum absolute atomic E-state index is 0.0109. The van der Waals surface area contributed by atoms with E-state index in [9.17, 15) is 8.78 Å². The summed E-state index contributed by atoms with van der Waals surface area (Å²) in [6, 6.07) is 10.1. The molecule has 2 rings (SSSR count). The number of hydrogen-bond donors (Lipinski definition) is 2. The molecule has 0 amide bonds. The number of alkyl halides is 2. The minimum atomic E-state index is -2.93. The van der Waals surface area contributed by atoms with Crippen LogP contribution in [0.3, 0.4) is 0 Å². The summed E-state index contributed by atoms with van der Waals surface area (Å²) < 4.78 is 40.1. The Hall–Kier alpha value is -2.61. The highest BCUT2D eigenvalue weighted by Crippen LogP contribution is 2.30. The number of thiocarbonyl (C=S) groups is 1. The normalized spacial score (nSPS) is 10.3. The maximum Gasteiger partial charge on any atom is 0.387 e. The number of benzene rings is 2. The first-order chi connectivity index (χ1) is 11.9. The van der Waals surface area contributed by atoms with E-state index in [0.29, 0.717) is 22.9 Å². The lowest BCUT2D eigenvalue weighted by Gasteiger charge is -2.16. The third-order valence-corrected chi connectivity index (χ3v) is 3.46. The van der Waals surface area contributed by atoms with Gasteiger partial charge >= 0.3 is 6.61 Å². The molecule has 0 spiro atoms. The van der Waals surface area contributed by atoms with Crippen LogP contribution in [0.15, 0.2) is 36.4 Å². The zero-order valence-corrected chi connectivity index (χ0v) is 14.7. The van der Waals surface area contributed by atoms with Crippen molar-refractivity contribution in [1.82, 2.24) is 0 Å². The second-order valence-corrected chi connectivity index (χ2v) is 5.43. The molecule has 0 aromatic heterocycles. The maximum absolute atomic E-state index is 12.6. The zero-order chi connectivity index (χ0) is 18.4. The maximum atomic E-state index is 12.6. The van der Waals surface area contributed by atoms with Crippen molar-refractivity contribution in [3.8, 4) is 17.2 Å². The Bertz CT molecular complexity index is 757. The largest absolute Gasteiger partial charge is 0.497 e. The van der Waals surface area contributed by atoms with Gasteiger partial charge in [0.05, 0.1) is 25.6 Å². The monoisotopic (exact) mass is 368 g/mol. The van der Waals surface area contributed by atoms with Crippen LogP contribution >= 0.6 is 12.2 Å². The first-order valence-corrected chi connectivity index (χ1v) is 7.69. The highest BCUT2D eigenvalue weighted by molar-refractivity contribution is 7.80. The van der Waals surface area contributed by atoms with Crippen molar-refractivity contribution < 1.29 is 23.0 Å². The summed E-state index contributed by atoms with van der Waals surface area (Å²) in [5, 5.41) is 5.99. The molecule has 0 saturated carbocycles. The zero-order valence-electron chi connectivity index (χ0n) is 13.9. The lowest BCUT2D eigenvalue weighted by molar-refractivity contribution is -0.0493. The third-order valence-electron chi connectivity index (χ3n) is 3.26. The minimum Gasteiger partial charge on any atom is -0.497 e. The van der Waals surface area contributed by atoms with E-state index in [0.717, 1.165) is 5.56 Å². The Labute approximate surface area is 149 Å². The Morgan fingerprint density at radius 1 is 0.960 bits per heavy atom. The van der Waals surface area contributed by atoms with Gasteiger partial charge in [-0.3, -0.25) is 0 Å².